The Kier molecular flexibility index (Phi) is 5.24. The molecule has 0 bridgehead atoms. The van der Waals surface area contributed by atoms with Crippen molar-refractivity contribution in [2.45, 2.75) is 69.8 Å². The van der Waals surface area contributed by atoms with E-state index in [1.807, 2.05) is 6.07 Å². The number of anilines is 1. The number of aliphatic hydroxyl groups excluding tert-OH is 1. The molecule has 3 N–H and O–H groups in total. The van der Waals surface area contributed by atoms with Gasteiger partial charge in [-0.05, 0) is 68.1 Å². The van der Waals surface area contributed by atoms with E-state index in [0.29, 0.717) is 18.6 Å². The van der Waals surface area contributed by atoms with Crippen LogP contribution in [-0.4, -0.2) is 17.8 Å². The van der Waals surface area contributed by atoms with E-state index in [9.17, 15) is 0 Å². The summed E-state index contributed by atoms with van der Waals surface area (Å²) in [5.41, 5.74) is 8.22. The third-order valence-electron chi connectivity index (χ3n) is 5.06. The van der Waals surface area contributed by atoms with Gasteiger partial charge >= 0.3 is 0 Å². The van der Waals surface area contributed by atoms with Crippen molar-refractivity contribution >= 4 is 5.69 Å². The monoisotopic (exact) mass is 303 g/mol. The standard InChI is InChI=1S/C19H29NO2/c20-17-11-16(15-7-8-15)12-19(13-17)22-18-6-3-5-14(10-18)4-1-2-9-21/h11-15,18,21H,1-10,20H2/t14?,18-/m1/s1. The zero-order chi connectivity index (χ0) is 15.4. The molecule has 3 nitrogen and oxygen atoms in total. The van der Waals surface area contributed by atoms with Gasteiger partial charge in [0.05, 0.1) is 6.10 Å². The summed E-state index contributed by atoms with van der Waals surface area (Å²) in [5.74, 6) is 2.43. The van der Waals surface area contributed by atoms with E-state index < -0.39 is 0 Å². The normalized spacial score (nSPS) is 25.1. The van der Waals surface area contributed by atoms with Gasteiger partial charge in [-0.1, -0.05) is 19.3 Å². The number of hydrogen-bond donors (Lipinski definition) is 2. The Morgan fingerprint density at radius 1 is 1.09 bits per heavy atom. The van der Waals surface area contributed by atoms with E-state index in [0.717, 1.165) is 43.0 Å². The predicted molar refractivity (Wildman–Crippen MR) is 90.1 cm³/mol. The second kappa shape index (κ2) is 7.36. The second-order valence-corrected chi connectivity index (χ2v) is 7.10. The van der Waals surface area contributed by atoms with E-state index in [4.69, 9.17) is 15.6 Å². The van der Waals surface area contributed by atoms with Crippen LogP contribution in [0.25, 0.3) is 0 Å². The lowest BCUT2D eigenvalue weighted by molar-refractivity contribution is 0.118. The van der Waals surface area contributed by atoms with Crippen LogP contribution in [0.1, 0.15) is 69.3 Å². The van der Waals surface area contributed by atoms with Crippen molar-refractivity contribution in [1.82, 2.24) is 0 Å². The Bertz CT molecular complexity index is 484. The summed E-state index contributed by atoms with van der Waals surface area (Å²) in [7, 11) is 0. The van der Waals surface area contributed by atoms with Crippen LogP contribution in [0, 0.1) is 5.92 Å². The van der Waals surface area contributed by atoms with Gasteiger partial charge < -0.3 is 15.6 Å². The summed E-state index contributed by atoms with van der Waals surface area (Å²) in [5, 5.41) is 8.91. The van der Waals surface area contributed by atoms with Crippen molar-refractivity contribution in [3.05, 3.63) is 23.8 Å². The van der Waals surface area contributed by atoms with Gasteiger partial charge in [-0.2, -0.15) is 0 Å². The third kappa shape index (κ3) is 4.39. The Morgan fingerprint density at radius 2 is 1.95 bits per heavy atom. The highest BCUT2D eigenvalue weighted by atomic mass is 16.5. The number of nitrogen functional groups attached to an aromatic ring is 1. The molecule has 3 rings (SSSR count). The summed E-state index contributed by atoms with van der Waals surface area (Å²) < 4.78 is 6.26. The van der Waals surface area contributed by atoms with Crippen molar-refractivity contribution < 1.29 is 9.84 Å². The van der Waals surface area contributed by atoms with Crippen LogP contribution >= 0.6 is 0 Å². The Hall–Kier alpha value is -1.22. The number of aliphatic hydroxyl groups is 1. The van der Waals surface area contributed by atoms with Crippen LogP contribution in [0.5, 0.6) is 5.75 Å². The van der Waals surface area contributed by atoms with Gasteiger partial charge in [-0.25, -0.2) is 0 Å². The number of benzene rings is 1. The summed E-state index contributed by atoms with van der Waals surface area (Å²) in [6.45, 7) is 0.319. The largest absolute Gasteiger partial charge is 0.490 e. The second-order valence-electron chi connectivity index (χ2n) is 7.10. The van der Waals surface area contributed by atoms with Crippen molar-refractivity contribution in [3.63, 3.8) is 0 Å². The van der Waals surface area contributed by atoms with Crippen LogP contribution in [-0.2, 0) is 0 Å². The van der Waals surface area contributed by atoms with E-state index in [1.54, 1.807) is 0 Å². The fraction of sp³-hybridized carbons (Fsp3) is 0.684. The van der Waals surface area contributed by atoms with Crippen LogP contribution < -0.4 is 10.5 Å². The molecule has 0 heterocycles. The fourth-order valence-electron chi connectivity index (χ4n) is 3.71. The highest BCUT2D eigenvalue weighted by molar-refractivity contribution is 5.49. The van der Waals surface area contributed by atoms with Gasteiger partial charge in [0.25, 0.3) is 0 Å². The first kappa shape index (κ1) is 15.7. The lowest BCUT2D eigenvalue weighted by atomic mass is 9.84. The molecule has 22 heavy (non-hydrogen) atoms. The van der Waals surface area contributed by atoms with E-state index >= 15 is 0 Å². The average Bonchev–Trinajstić information content (AvgIpc) is 3.32. The van der Waals surface area contributed by atoms with E-state index in [-0.39, 0.29) is 0 Å². The quantitative estimate of drug-likeness (QED) is 0.585. The van der Waals surface area contributed by atoms with Gasteiger partial charge in [0, 0.05) is 18.4 Å². The van der Waals surface area contributed by atoms with Crippen molar-refractivity contribution in [2.24, 2.45) is 5.92 Å². The summed E-state index contributed by atoms with van der Waals surface area (Å²) >= 11 is 0. The van der Waals surface area contributed by atoms with Crippen LogP contribution in [0.2, 0.25) is 0 Å². The maximum Gasteiger partial charge on any atom is 0.122 e. The number of rotatable bonds is 7. The third-order valence-corrected chi connectivity index (χ3v) is 5.06. The van der Waals surface area contributed by atoms with Gasteiger partial charge in [0.2, 0.25) is 0 Å². The number of hydrogen-bond acceptors (Lipinski definition) is 3. The highest BCUT2D eigenvalue weighted by Crippen LogP contribution is 2.42. The van der Waals surface area contributed by atoms with Crippen molar-refractivity contribution in [2.75, 3.05) is 12.3 Å². The van der Waals surface area contributed by atoms with Gasteiger partial charge in [-0.15, -0.1) is 0 Å². The molecule has 0 radical (unpaired) electrons. The first-order valence-electron chi connectivity index (χ1n) is 8.92. The Labute approximate surface area is 133 Å². The van der Waals surface area contributed by atoms with Crippen molar-refractivity contribution in [1.29, 1.82) is 0 Å². The zero-order valence-corrected chi connectivity index (χ0v) is 13.5. The zero-order valence-electron chi connectivity index (χ0n) is 13.5. The highest BCUT2D eigenvalue weighted by Gasteiger charge is 2.26. The molecule has 2 aliphatic carbocycles. The molecular formula is C19H29NO2. The molecule has 0 amide bonds. The smallest absolute Gasteiger partial charge is 0.122 e. The minimum atomic E-state index is 0.319. The Morgan fingerprint density at radius 3 is 2.73 bits per heavy atom. The minimum absolute atomic E-state index is 0.319. The maximum absolute atomic E-state index is 8.91. The number of unbranched alkanes of at least 4 members (excludes halogenated alkanes) is 1. The lowest BCUT2D eigenvalue weighted by Crippen LogP contribution is -2.25. The molecule has 2 saturated carbocycles. The lowest BCUT2D eigenvalue weighted by Gasteiger charge is -2.30. The van der Waals surface area contributed by atoms with Crippen LogP contribution in [0.3, 0.4) is 0 Å². The minimum Gasteiger partial charge on any atom is -0.490 e. The molecule has 1 aromatic rings. The van der Waals surface area contributed by atoms with Gasteiger partial charge in [0.1, 0.15) is 5.75 Å². The molecule has 122 valence electrons. The molecule has 0 saturated heterocycles. The molecule has 2 aliphatic rings. The molecule has 1 aromatic carbocycles. The van der Waals surface area contributed by atoms with Crippen LogP contribution in [0.4, 0.5) is 5.69 Å². The van der Waals surface area contributed by atoms with E-state index in [2.05, 4.69) is 12.1 Å². The topological polar surface area (TPSA) is 55.5 Å². The summed E-state index contributed by atoms with van der Waals surface area (Å²) in [4.78, 5) is 0. The maximum atomic E-state index is 8.91. The number of nitrogens with two attached hydrogens (primary N) is 1. The number of ether oxygens (including phenoxy) is 1. The van der Waals surface area contributed by atoms with Crippen LogP contribution in [0.15, 0.2) is 18.2 Å². The molecule has 0 aromatic heterocycles. The molecule has 3 heteroatoms. The van der Waals surface area contributed by atoms with Crippen molar-refractivity contribution in [3.8, 4) is 5.75 Å². The molecule has 0 spiro atoms. The summed E-state index contributed by atoms with van der Waals surface area (Å²) in [6.07, 6.45) is 11.1. The molecular weight excluding hydrogens is 274 g/mol. The van der Waals surface area contributed by atoms with E-state index in [1.165, 1.54) is 37.7 Å². The fourth-order valence-corrected chi connectivity index (χ4v) is 3.71. The first-order valence-corrected chi connectivity index (χ1v) is 8.92. The summed E-state index contributed by atoms with van der Waals surface area (Å²) in [6, 6.07) is 6.27. The van der Waals surface area contributed by atoms with Gasteiger partial charge in [0.15, 0.2) is 0 Å². The SMILES string of the molecule is Nc1cc(O[C@@H]2CCCC(CCCCO)C2)cc(C2CC2)c1. The molecule has 0 aliphatic heterocycles. The molecule has 2 atom stereocenters. The molecule has 1 unspecified atom stereocenters. The molecule has 2 fully saturated rings. The Balaban J connectivity index is 1.55. The predicted octanol–water partition coefficient (Wildman–Crippen LogP) is 4.25. The average molecular weight is 303 g/mol. The first-order chi connectivity index (χ1) is 10.7. The van der Waals surface area contributed by atoms with Gasteiger partial charge in [-0.3, -0.25) is 0 Å².